The number of carbonyl (C=O) groups is 1. The van der Waals surface area contributed by atoms with Gasteiger partial charge in [0.15, 0.2) is 0 Å². The van der Waals surface area contributed by atoms with Crippen LogP contribution >= 0.6 is 11.3 Å². The van der Waals surface area contributed by atoms with Crippen LogP contribution in [-0.2, 0) is 10.2 Å². The molecule has 4 heteroatoms. The first kappa shape index (κ1) is 15.5. The monoisotopic (exact) mass is 295 g/mol. The maximum Gasteiger partial charge on any atom is 0.231 e. The quantitative estimate of drug-likeness (QED) is 0.839. The van der Waals surface area contributed by atoms with E-state index in [-0.39, 0.29) is 24.5 Å². The highest BCUT2D eigenvalue weighted by Gasteiger charge is 2.34. The molecule has 0 radical (unpaired) electrons. The summed E-state index contributed by atoms with van der Waals surface area (Å²) in [5.74, 6) is 0.283. The molecule has 0 saturated heterocycles. The highest BCUT2D eigenvalue weighted by Crippen LogP contribution is 2.29. The third-order valence-electron chi connectivity index (χ3n) is 4.41. The van der Waals surface area contributed by atoms with Crippen molar-refractivity contribution < 1.29 is 9.90 Å². The van der Waals surface area contributed by atoms with Crippen molar-refractivity contribution in [1.29, 1.82) is 0 Å². The Kier molecular flexibility index (Phi) is 5.22. The average Bonchev–Trinajstić information content (AvgIpc) is 2.88. The summed E-state index contributed by atoms with van der Waals surface area (Å²) in [5, 5.41) is 14.7. The molecule has 1 heterocycles. The Hall–Kier alpha value is -0.870. The average molecular weight is 295 g/mol. The van der Waals surface area contributed by atoms with Crippen LogP contribution in [0.1, 0.15) is 50.8 Å². The van der Waals surface area contributed by atoms with E-state index in [4.69, 9.17) is 0 Å². The van der Waals surface area contributed by atoms with Crippen molar-refractivity contribution in [2.75, 3.05) is 6.61 Å². The Morgan fingerprint density at radius 1 is 1.40 bits per heavy atom. The lowest BCUT2D eigenvalue weighted by Gasteiger charge is -2.29. The molecular weight excluding hydrogens is 270 g/mol. The number of aliphatic hydroxyl groups is 1. The van der Waals surface area contributed by atoms with E-state index < -0.39 is 5.41 Å². The number of hydrogen-bond acceptors (Lipinski definition) is 3. The summed E-state index contributed by atoms with van der Waals surface area (Å²) < 4.78 is 0. The summed E-state index contributed by atoms with van der Waals surface area (Å²) in [7, 11) is 0. The van der Waals surface area contributed by atoms with Crippen molar-refractivity contribution in [1.82, 2.24) is 5.32 Å². The first-order chi connectivity index (χ1) is 9.55. The van der Waals surface area contributed by atoms with Crippen molar-refractivity contribution in [2.45, 2.75) is 57.4 Å². The summed E-state index contributed by atoms with van der Waals surface area (Å²) in [4.78, 5) is 13.7. The molecule has 0 bridgehead atoms. The molecule has 20 heavy (non-hydrogen) atoms. The van der Waals surface area contributed by atoms with Crippen LogP contribution in [-0.4, -0.2) is 23.7 Å². The number of thiophene rings is 1. The Morgan fingerprint density at radius 2 is 2.15 bits per heavy atom. The van der Waals surface area contributed by atoms with E-state index in [1.165, 1.54) is 6.42 Å². The van der Waals surface area contributed by atoms with Crippen molar-refractivity contribution in [3.05, 3.63) is 22.4 Å². The van der Waals surface area contributed by atoms with E-state index >= 15 is 0 Å². The first-order valence-corrected chi connectivity index (χ1v) is 8.39. The van der Waals surface area contributed by atoms with Gasteiger partial charge in [-0.05, 0) is 38.1 Å². The Balaban J connectivity index is 2.05. The predicted molar refractivity (Wildman–Crippen MR) is 82.9 cm³/mol. The van der Waals surface area contributed by atoms with Gasteiger partial charge in [-0.2, -0.15) is 0 Å². The summed E-state index contributed by atoms with van der Waals surface area (Å²) >= 11 is 1.62. The fraction of sp³-hybridized carbons (Fsp3) is 0.688. The van der Waals surface area contributed by atoms with E-state index in [0.717, 1.165) is 30.6 Å². The molecule has 0 aromatic carbocycles. The van der Waals surface area contributed by atoms with Crippen molar-refractivity contribution in [3.63, 3.8) is 0 Å². The summed E-state index contributed by atoms with van der Waals surface area (Å²) in [6, 6.07) is 4.12. The molecule has 0 spiro atoms. The number of rotatable bonds is 4. The zero-order valence-corrected chi connectivity index (χ0v) is 13.2. The molecule has 2 rings (SSSR count). The lowest BCUT2D eigenvalue weighted by Crippen LogP contribution is -2.48. The Morgan fingerprint density at radius 3 is 2.80 bits per heavy atom. The molecule has 112 valence electrons. The lowest BCUT2D eigenvalue weighted by molar-refractivity contribution is -0.126. The minimum Gasteiger partial charge on any atom is -0.396 e. The van der Waals surface area contributed by atoms with E-state index in [2.05, 4.69) is 5.32 Å². The van der Waals surface area contributed by atoms with Crippen LogP contribution in [0.4, 0.5) is 0 Å². The lowest BCUT2D eigenvalue weighted by atomic mass is 9.88. The van der Waals surface area contributed by atoms with Crippen molar-refractivity contribution >= 4 is 17.2 Å². The molecule has 3 nitrogen and oxygen atoms in total. The molecule has 0 aliphatic heterocycles. The maximum atomic E-state index is 12.6. The van der Waals surface area contributed by atoms with Gasteiger partial charge >= 0.3 is 0 Å². The largest absolute Gasteiger partial charge is 0.396 e. The zero-order chi connectivity index (χ0) is 14.6. The summed E-state index contributed by atoms with van der Waals surface area (Å²) in [6.45, 7) is 4.11. The molecule has 2 unspecified atom stereocenters. The van der Waals surface area contributed by atoms with Gasteiger partial charge in [0.25, 0.3) is 0 Å². The predicted octanol–water partition coefficient (Wildman–Crippen LogP) is 3.08. The second-order valence-corrected chi connectivity index (χ2v) is 7.21. The minimum atomic E-state index is -0.500. The van der Waals surface area contributed by atoms with Crippen LogP contribution in [0.15, 0.2) is 17.5 Å². The first-order valence-electron chi connectivity index (χ1n) is 7.51. The van der Waals surface area contributed by atoms with E-state index in [9.17, 15) is 9.90 Å². The van der Waals surface area contributed by atoms with Gasteiger partial charge in [-0.15, -0.1) is 11.3 Å². The molecule has 2 N–H and O–H groups in total. The van der Waals surface area contributed by atoms with Crippen LogP contribution in [0, 0.1) is 5.92 Å². The summed E-state index contributed by atoms with van der Waals surface area (Å²) in [5.41, 5.74) is -0.500. The van der Waals surface area contributed by atoms with Gasteiger partial charge in [0.2, 0.25) is 5.91 Å². The van der Waals surface area contributed by atoms with Crippen LogP contribution in [0.3, 0.4) is 0 Å². The molecule has 1 aliphatic rings. The minimum absolute atomic E-state index is 0.0744. The molecule has 1 saturated carbocycles. The van der Waals surface area contributed by atoms with Gasteiger partial charge in [0.05, 0.1) is 5.41 Å². The maximum absolute atomic E-state index is 12.6. The van der Waals surface area contributed by atoms with Crippen LogP contribution in [0.25, 0.3) is 0 Å². The second-order valence-electron chi connectivity index (χ2n) is 6.26. The van der Waals surface area contributed by atoms with E-state index in [1.54, 1.807) is 11.3 Å². The smallest absolute Gasteiger partial charge is 0.231 e. The SMILES string of the molecule is CC(C)(C(=O)NC1CCCCCC1CO)c1cccs1. The standard InChI is InChI=1S/C16H25NO2S/c1-16(2,14-9-6-10-20-14)15(19)17-13-8-5-3-4-7-12(13)11-18/h6,9-10,12-13,18H,3-5,7-8,11H2,1-2H3,(H,17,19). The zero-order valence-electron chi connectivity index (χ0n) is 12.4. The molecule has 1 amide bonds. The van der Waals surface area contributed by atoms with Crippen LogP contribution in [0.5, 0.6) is 0 Å². The topological polar surface area (TPSA) is 49.3 Å². The third kappa shape index (κ3) is 3.41. The Labute approximate surface area is 125 Å². The van der Waals surface area contributed by atoms with Gasteiger partial charge in [-0.25, -0.2) is 0 Å². The molecule has 1 aromatic heterocycles. The molecule has 1 aromatic rings. The van der Waals surface area contributed by atoms with Gasteiger partial charge < -0.3 is 10.4 Å². The van der Waals surface area contributed by atoms with Crippen molar-refractivity contribution in [3.8, 4) is 0 Å². The highest BCUT2D eigenvalue weighted by molar-refractivity contribution is 7.10. The van der Waals surface area contributed by atoms with Gasteiger partial charge in [0.1, 0.15) is 0 Å². The van der Waals surface area contributed by atoms with Crippen molar-refractivity contribution in [2.24, 2.45) is 5.92 Å². The molecular formula is C16H25NO2S. The third-order valence-corrected chi connectivity index (χ3v) is 5.61. The van der Waals surface area contributed by atoms with Gasteiger partial charge in [0, 0.05) is 23.4 Å². The van der Waals surface area contributed by atoms with Crippen LogP contribution in [0.2, 0.25) is 0 Å². The fourth-order valence-electron chi connectivity index (χ4n) is 2.89. The Bertz CT molecular complexity index is 428. The van der Waals surface area contributed by atoms with Gasteiger partial charge in [-0.3, -0.25) is 4.79 Å². The normalized spacial score (nSPS) is 24.1. The second kappa shape index (κ2) is 6.72. The number of carbonyl (C=O) groups excluding carboxylic acids is 1. The fourth-order valence-corrected chi connectivity index (χ4v) is 3.74. The number of aliphatic hydroxyl groups excluding tert-OH is 1. The number of nitrogens with one attached hydrogen (secondary N) is 1. The molecule has 2 atom stereocenters. The highest BCUT2D eigenvalue weighted by atomic mass is 32.1. The number of hydrogen-bond donors (Lipinski definition) is 2. The number of amides is 1. The summed E-state index contributed by atoms with van der Waals surface area (Å²) in [6.07, 6.45) is 5.50. The molecule has 1 fully saturated rings. The van der Waals surface area contributed by atoms with Gasteiger partial charge in [-0.1, -0.05) is 25.3 Å². The van der Waals surface area contributed by atoms with E-state index in [0.29, 0.717) is 0 Å². The molecule has 1 aliphatic carbocycles. The van der Waals surface area contributed by atoms with Crippen LogP contribution < -0.4 is 5.32 Å². The van der Waals surface area contributed by atoms with E-state index in [1.807, 2.05) is 31.4 Å².